The van der Waals surface area contributed by atoms with Gasteiger partial charge < -0.3 is 24.6 Å². The Morgan fingerprint density at radius 3 is 2.50 bits per heavy atom. The highest BCUT2D eigenvalue weighted by molar-refractivity contribution is 5.78. The van der Waals surface area contributed by atoms with Crippen LogP contribution in [0, 0.1) is 16.9 Å². The molecular weight excluding hydrogens is 576 g/mol. The molecule has 2 aromatic carbocycles. The van der Waals surface area contributed by atoms with E-state index in [0.29, 0.717) is 26.1 Å². The number of likely N-dealkylation sites (N-methyl/N-ethyl adjacent to an activating group) is 1. The van der Waals surface area contributed by atoms with Gasteiger partial charge >= 0.3 is 0 Å². The molecule has 1 aromatic heterocycles. The highest BCUT2D eigenvalue weighted by atomic mass is 16.5. The van der Waals surface area contributed by atoms with Crippen molar-refractivity contribution < 1.29 is 9.47 Å². The smallest absolute Gasteiger partial charge is 0.204 e. The van der Waals surface area contributed by atoms with E-state index in [4.69, 9.17) is 14.9 Å². The molecule has 4 rings (SSSR count). The van der Waals surface area contributed by atoms with E-state index in [1.165, 1.54) is 48.4 Å². The first-order valence-electron chi connectivity index (χ1n) is 16.5. The van der Waals surface area contributed by atoms with Gasteiger partial charge in [0.25, 0.3) is 0 Å². The lowest BCUT2D eigenvalue weighted by Gasteiger charge is -2.27. The monoisotopic (exact) mass is 626 g/mol. The van der Waals surface area contributed by atoms with Crippen molar-refractivity contribution >= 4 is 11.8 Å². The van der Waals surface area contributed by atoms with E-state index in [2.05, 4.69) is 62.5 Å². The summed E-state index contributed by atoms with van der Waals surface area (Å²) < 4.78 is 11.3. The SMILES string of the molecule is COc1ccc(CN(CCN(C)CCCNC(=N)N(C#N)CCCOc2cccc(CN3CCCCC3)c2)c2ccccn2)cc1. The molecule has 46 heavy (non-hydrogen) atoms. The van der Waals surface area contributed by atoms with Crippen molar-refractivity contribution in [3.63, 3.8) is 0 Å². The molecule has 2 heterocycles. The maximum atomic E-state index is 9.62. The van der Waals surface area contributed by atoms with Crippen LogP contribution in [0.15, 0.2) is 72.9 Å². The Kier molecular flexibility index (Phi) is 14.5. The van der Waals surface area contributed by atoms with Crippen molar-refractivity contribution in [2.45, 2.75) is 45.2 Å². The molecule has 0 unspecified atom stereocenters. The summed E-state index contributed by atoms with van der Waals surface area (Å²) >= 11 is 0. The van der Waals surface area contributed by atoms with Crippen molar-refractivity contribution in [2.75, 3.05) is 71.5 Å². The van der Waals surface area contributed by atoms with Gasteiger partial charge in [0.05, 0.1) is 13.7 Å². The van der Waals surface area contributed by atoms with Crippen molar-refractivity contribution in [2.24, 2.45) is 0 Å². The minimum absolute atomic E-state index is 0.134. The lowest BCUT2D eigenvalue weighted by Crippen LogP contribution is -2.40. The Morgan fingerprint density at radius 1 is 0.935 bits per heavy atom. The van der Waals surface area contributed by atoms with Crippen LogP contribution >= 0.6 is 0 Å². The van der Waals surface area contributed by atoms with Crippen LogP contribution in [0.3, 0.4) is 0 Å². The summed E-state index contributed by atoms with van der Waals surface area (Å²) in [6, 6.07) is 22.5. The summed E-state index contributed by atoms with van der Waals surface area (Å²) in [5.74, 6) is 2.79. The standard InChI is InChI=1S/C36H50N8O2/c1-41(24-25-43(35-13-4-5-18-39-35)29-31-14-16-33(45-2)17-15-31)20-9-19-40-36(38)44(30-37)23-10-26-46-34-12-8-11-32(27-34)28-42-21-6-3-7-22-42/h4-5,8,11-18,27H,3,6-7,9-10,19-26,28-29H2,1-2H3,(H2,38,40). The van der Waals surface area contributed by atoms with Crippen LogP contribution in [-0.2, 0) is 13.1 Å². The van der Waals surface area contributed by atoms with E-state index >= 15 is 0 Å². The largest absolute Gasteiger partial charge is 0.497 e. The summed E-state index contributed by atoms with van der Waals surface area (Å²) in [4.78, 5) is 13.1. The molecule has 246 valence electrons. The van der Waals surface area contributed by atoms with E-state index in [1.807, 2.05) is 48.7 Å². The zero-order valence-corrected chi connectivity index (χ0v) is 27.5. The van der Waals surface area contributed by atoms with Gasteiger partial charge in [-0.2, -0.15) is 5.26 Å². The topological polar surface area (TPSA) is 104 Å². The molecule has 0 amide bonds. The lowest BCUT2D eigenvalue weighted by molar-refractivity contribution is 0.220. The highest BCUT2D eigenvalue weighted by Crippen LogP contribution is 2.19. The molecule has 0 saturated carbocycles. The van der Waals surface area contributed by atoms with Crippen LogP contribution in [0.25, 0.3) is 0 Å². The molecule has 0 spiro atoms. The normalized spacial score (nSPS) is 13.2. The Bertz CT molecular complexity index is 1340. The molecule has 1 aliphatic rings. The van der Waals surface area contributed by atoms with Gasteiger partial charge in [0, 0.05) is 51.9 Å². The number of hydrogen-bond acceptors (Lipinski definition) is 8. The summed E-state index contributed by atoms with van der Waals surface area (Å²) in [5.41, 5.74) is 2.47. The minimum Gasteiger partial charge on any atom is -0.497 e. The van der Waals surface area contributed by atoms with Gasteiger partial charge in [-0.3, -0.25) is 10.3 Å². The number of benzene rings is 2. The van der Waals surface area contributed by atoms with Crippen LogP contribution in [-0.4, -0.2) is 92.2 Å². The van der Waals surface area contributed by atoms with Crippen LogP contribution in [0.1, 0.15) is 43.2 Å². The van der Waals surface area contributed by atoms with Crippen molar-refractivity contribution in [3.05, 3.63) is 84.1 Å². The molecule has 1 fully saturated rings. The maximum absolute atomic E-state index is 9.62. The molecule has 0 aliphatic carbocycles. The number of nitrogens with zero attached hydrogens (tertiary/aromatic N) is 6. The van der Waals surface area contributed by atoms with Gasteiger partial charge in [-0.25, -0.2) is 9.88 Å². The quantitative estimate of drug-likeness (QED) is 0.0650. The third-order valence-corrected chi connectivity index (χ3v) is 8.21. The number of likely N-dealkylation sites (tertiary alicyclic amines) is 1. The van der Waals surface area contributed by atoms with Crippen molar-refractivity contribution in [1.82, 2.24) is 25.0 Å². The molecule has 2 N–H and O–H groups in total. The highest BCUT2D eigenvalue weighted by Gasteiger charge is 2.13. The second kappa shape index (κ2) is 19.2. The summed E-state index contributed by atoms with van der Waals surface area (Å²) in [6.07, 6.45) is 9.38. The molecule has 0 atom stereocenters. The molecular formula is C36H50N8O2. The summed E-state index contributed by atoms with van der Waals surface area (Å²) in [5, 5.41) is 21.1. The van der Waals surface area contributed by atoms with Gasteiger partial charge in [0.2, 0.25) is 5.96 Å². The number of ether oxygens (including phenoxy) is 2. The number of aromatic nitrogens is 1. The van der Waals surface area contributed by atoms with E-state index in [1.54, 1.807) is 7.11 Å². The first kappa shape index (κ1) is 34.5. The fourth-order valence-electron chi connectivity index (χ4n) is 5.55. The summed E-state index contributed by atoms with van der Waals surface area (Å²) in [6.45, 7) is 8.19. The molecule has 0 bridgehead atoms. The van der Waals surface area contributed by atoms with Gasteiger partial charge in [0.15, 0.2) is 6.19 Å². The van der Waals surface area contributed by atoms with Crippen molar-refractivity contribution in [1.29, 1.82) is 10.7 Å². The zero-order chi connectivity index (χ0) is 32.4. The average Bonchev–Trinajstić information content (AvgIpc) is 3.09. The number of piperidine rings is 1. The predicted molar refractivity (Wildman–Crippen MR) is 184 cm³/mol. The van der Waals surface area contributed by atoms with Crippen LogP contribution in [0.4, 0.5) is 5.82 Å². The number of nitriles is 1. The third kappa shape index (κ3) is 11.9. The van der Waals surface area contributed by atoms with E-state index in [-0.39, 0.29) is 5.96 Å². The molecule has 1 aliphatic heterocycles. The predicted octanol–water partition coefficient (Wildman–Crippen LogP) is 5.18. The number of pyridine rings is 1. The van der Waals surface area contributed by atoms with Crippen LogP contribution in [0.5, 0.6) is 11.5 Å². The molecule has 3 aromatic rings. The Hall–Kier alpha value is -4.33. The fraction of sp³-hybridized carbons (Fsp3) is 0.472. The Balaban J connectivity index is 1.12. The molecule has 0 radical (unpaired) electrons. The van der Waals surface area contributed by atoms with Gasteiger partial charge in [-0.05, 0) is 93.5 Å². The number of nitrogens with one attached hydrogen (secondary N) is 2. The molecule has 1 saturated heterocycles. The average molecular weight is 627 g/mol. The van der Waals surface area contributed by atoms with E-state index < -0.39 is 0 Å². The number of rotatable bonds is 18. The fourth-order valence-corrected chi connectivity index (χ4v) is 5.55. The van der Waals surface area contributed by atoms with E-state index in [9.17, 15) is 5.26 Å². The van der Waals surface area contributed by atoms with Gasteiger partial charge in [-0.15, -0.1) is 0 Å². The first-order chi connectivity index (χ1) is 22.5. The third-order valence-electron chi connectivity index (χ3n) is 8.21. The number of guanidine groups is 1. The van der Waals surface area contributed by atoms with Crippen LogP contribution in [0.2, 0.25) is 0 Å². The molecule has 10 heteroatoms. The molecule has 10 nitrogen and oxygen atoms in total. The maximum Gasteiger partial charge on any atom is 0.204 e. The number of anilines is 1. The minimum atomic E-state index is 0.134. The van der Waals surface area contributed by atoms with Crippen molar-refractivity contribution in [3.8, 4) is 17.7 Å². The van der Waals surface area contributed by atoms with Gasteiger partial charge in [-0.1, -0.05) is 36.8 Å². The lowest BCUT2D eigenvalue weighted by atomic mass is 10.1. The number of methoxy groups -OCH3 is 1. The second-order valence-electron chi connectivity index (χ2n) is 11.8. The Morgan fingerprint density at radius 2 is 1.76 bits per heavy atom. The Labute approximate surface area is 275 Å². The summed E-state index contributed by atoms with van der Waals surface area (Å²) in [7, 11) is 3.79. The number of hydrogen-bond donors (Lipinski definition) is 2. The second-order valence-corrected chi connectivity index (χ2v) is 11.8. The van der Waals surface area contributed by atoms with Crippen LogP contribution < -0.4 is 19.7 Å². The zero-order valence-electron chi connectivity index (χ0n) is 27.5. The van der Waals surface area contributed by atoms with Gasteiger partial charge in [0.1, 0.15) is 17.3 Å². The van der Waals surface area contributed by atoms with E-state index in [0.717, 1.165) is 56.5 Å². The first-order valence-corrected chi connectivity index (χ1v) is 16.5.